The molecule has 0 spiro atoms. The highest BCUT2D eigenvalue weighted by molar-refractivity contribution is 5.97. The lowest BCUT2D eigenvalue weighted by molar-refractivity contribution is -0.145. The monoisotopic (exact) mass is 397 g/mol. The normalized spacial score (nSPS) is 16.9. The first-order valence-corrected chi connectivity index (χ1v) is 9.12. The number of nitrogens with one attached hydrogen (secondary N) is 1. The number of anilines is 1. The van der Waals surface area contributed by atoms with Crippen LogP contribution >= 0.6 is 12.4 Å². The Hall–Kier alpha value is -2.12. The van der Waals surface area contributed by atoms with Gasteiger partial charge in [-0.15, -0.1) is 12.4 Å². The van der Waals surface area contributed by atoms with Crippen LogP contribution in [0.2, 0.25) is 0 Å². The molecule has 27 heavy (non-hydrogen) atoms. The number of hydrogen-bond acceptors (Lipinski definition) is 4. The van der Waals surface area contributed by atoms with Crippen molar-refractivity contribution >= 4 is 35.9 Å². The van der Waals surface area contributed by atoms with Gasteiger partial charge in [-0.2, -0.15) is 0 Å². The van der Waals surface area contributed by atoms with Gasteiger partial charge in [0.05, 0.1) is 6.54 Å². The molecule has 1 heterocycles. The summed E-state index contributed by atoms with van der Waals surface area (Å²) in [5, 5.41) is 12.1. The molecule has 8 heteroatoms. The Kier molecular flexibility index (Phi) is 9.25. The summed E-state index contributed by atoms with van der Waals surface area (Å²) < 4.78 is 0. The highest BCUT2D eigenvalue weighted by Crippen LogP contribution is 2.18. The molecule has 1 atom stereocenters. The van der Waals surface area contributed by atoms with Gasteiger partial charge in [0.2, 0.25) is 5.91 Å². The van der Waals surface area contributed by atoms with Crippen LogP contribution in [0.5, 0.6) is 0 Å². The minimum Gasteiger partial charge on any atom is -0.480 e. The minimum absolute atomic E-state index is 0. The Morgan fingerprint density at radius 3 is 2.56 bits per heavy atom. The second-order valence-electron chi connectivity index (χ2n) is 6.43. The van der Waals surface area contributed by atoms with Crippen LogP contribution in [0.1, 0.15) is 43.5 Å². The van der Waals surface area contributed by atoms with E-state index in [-0.39, 0.29) is 30.8 Å². The van der Waals surface area contributed by atoms with Crippen molar-refractivity contribution < 1.29 is 19.5 Å². The molecule has 1 fully saturated rings. The molecule has 1 aromatic rings. The summed E-state index contributed by atoms with van der Waals surface area (Å²) in [6.07, 6.45) is 2.33. The van der Waals surface area contributed by atoms with Crippen molar-refractivity contribution in [2.75, 3.05) is 31.5 Å². The third kappa shape index (κ3) is 6.22. The smallest absolute Gasteiger partial charge is 0.320 e. The Morgan fingerprint density at radius 2 is 1.93 bits per heavy atom. The topological polar surface area (TPSA) is 90.0 Å². The first kappa shape index (κ1) is 22.9. The molecule has 7 nitrogen and oxygen atoms in total. The fourth-order valence-electron chi connectivity index (χ4n) is 3.27. The second-order valence-corrected chi connectivity index (χ2v) is 6.43. The molecular formula is C19H28ClN3O4. The Labute approximate surface area is 166 Å². The summed E-state index contributed by atoms with van der Waals surface area (Å²) in [6, 6.07) is 6.23. The molecule has 2 amide bonds. The van der Waals surface area contributed by atoms with E-state index in [9.17, 15) is 19.5 Å². The van der Waals surface area contributed by atoms with E-state index in [1.54, 1.807) is 34.1 Å². The lowest BCUT2D eigenvalue weighted by Gasteiger charge is -2.32. The molecule has 0 aliphatic carbocycles. The molecule has 1 aromatic carbocycles. The predicted molar refractivity (Wildman–Crippen MR) is 106 cm³/mol. The maximum Gasteiger partial charge on any atom is 0.320 e. The number of piperidine rings is 1. The first-order chi connectivity index (χ1) is 12.5. The van der Waals surface area contributed by atoms with Crippen molar-refractivity contribution in [1.82, 2.24) is 9.80 Å². The summed E-state index contributed by atoms with van der Waals surface area (Å²) in [5.41, 5.74) is 1.06. The van der Waals surface area contributed by atoms with Crippen LogP contribution in [-0.2, 0) is 9.59 Å². The van der Waals surface area contributed by atoms with E-state index in [0.29, 0.717) is 37.3 Å². The van der Waals surface area contributed by atoms with E-state index in [1.807, 2.05) is 13.8 Å². The van der Waals surface area contributed by atoms with Crippen LogP contribution in [0.4, 0.5) is 5.69 Å². The van der Waals surface area contributed by atoms with Crippen LogP contribution in [0, 0.1) is 0 Å². The van der Waals surface area contributed by atoms with Crippen LogP contribution in [0.3, 0.4) is 0 Å². The SMILES string of the molecule is CCN(CC)C(=O)c1cccc(NC(=O)CN2CCCCC2C(=O)O)c1.Cl. The summed E-state index contributed by atoms with van der Waals surface area (Å²) in [6.45, 7) is 5.72. The van der Waals surface area contributed by atoms with Crippen molar-refractivity contribution in [2.45, 2.75) is 39.2 Å². The molecule has 1 saturated heterocycles. The lowest BCUT2D eigenvalue weighted by atomic mass is 10.0. The van der Waals surface area contributed by atoms with Crippen molar-refractivity contribution in [3.63, 3.8) is 0 Å². The summed E-state index contributed by atoms with van der Waals surface area (Å²) in [5.74, 6) is -1.23. The summed E-state index contributed by atoms with van der Waals surface area (Å²) in [7, 11) is 0. The van der Waals surface area contributed by atoms with E-state index in [2.05, 4.69) is 5.32 Å². The van der Waals surface area contributed by atoms with Gasteiger partial charge in [0.15, 0.2) is 0 Å². The van der Waals surface area contributed by atoms with E-state index >= 15 is 0 Å². The lowest BCUT2D eigenvalue weighted by Crippen LogP contribution is -2.47. The molecule has 150 valence electrons. The van der Waals surface area contributed by atoms with Gasteiger partial charge in [0.25, 0.3) is 5.91 Å². The van der Waals surface area contributed by atoms with Crippen LogP contribution < -0.4 is 5.32 Å². The maximum atomic E-state index is 12.4. The number of amides is 2. The molecule has 0 aromatic heterocycles. The fraction of sp³-hybridized carbons (Fsp3) is 0.526. The van der Waals surface area contributed by atoms with Crippen LogP contribution in [-0.4, -0.2) is 64.9 Å². The standard InChI is InChI=1S/C19H27N3O4.ClH/c1-3-21(4-2)18(24)14-8-7-9-15(12-14)20-17(23)13-22-11-6-5-10-16(22)19(25)26;/h7-9,12,16H,3-6,10-11,13H2,1-2H3,(H,20,23)(H,25,26);1H. The Balaban J connectivity index is 0.00000364. The molecule has 2 N–H and O–H groups in total. The van der Waals surface area contributed by atoms with Gasteiger partial charge >= 0.3 is 5.97 Å². The number of nitrogens with zero attached hydrogens (tertiary/aromatic N) is 2. The molecule has 1 aliphatic rings. The van der Waals surface area contributed by atoms with Gasteiger partial charge in [0.1, 0.15) is 6.04 Å². The van der Waals surface area contributed by atoms with Gasteiger partial charge in [-0.3, -0.25) is 19.3 Å². The number of carboxylic acid groups (broad SMARTS) is 1. The molecule has 1 unspecified atom stereocenters. The number of likely N-dealkylation sites (tertiary alicyclic amines) is 1. The first-order valence-electron chi connectivity index (χ1n) is 9.12. The number of rotatable bonds is 7. The van der Waals surface area contributed by atoms with E-state index in [4.69, 9.17) is 0 Å². The van der Waals surface area contributed by atoms with Crippen molar-refractivity contribution in [1.29, 1.82) is 0 Å². The van der Waals surface area contributed by atoms with Crippen molar-refractivity contribution in [2.24, 2.45) is 0 Å². The van der Waals surface area contributed by atoms with E-state index in [0.717, 1.165) is 12.8 Å². The largest absolute Gasteiger partial charge is 0.480 e. The number of benzene rings is 1. The zero-order valence-electron chi connectivity index (χ0n) is 15.8. The Morgan fingerprint density at radius 1 is 1.22 bits per heavy atom. The second kappa shape index (κ2) is 10.9. The number of carboxylic acids is 1. The van der Waals surface area contributed by atoms with Gasteiger partial charge in [-0.05, 0) is 51.4 Å². The van der Waals surface area contributed by atoms with Crippen molar-refractivity contribution in [3.05, 3.63) is 29.8 Å². The average Bonchev–Trinajstić information content (AvgIpc) is 2.63. The third-order valence-corrected chi connectivity index (χ3v) is 4.69. The zero-order valence-corrected chi connectivity index (χ0v) is 16.6. The van der Waals surface area contributed by atoms with E-state index in [1.165, 1.54) is 0 Å². The number of carbonyl (C=O) groups is 3. The summed E-state index contributed by atoms with van der Waals surface area (Å²) >= 11 is 0. The molecule has 0 bridgehead atoms. The van der Waals surface area contributed by atoms with Gasteiger partial charge in [-0.25, -0.2) is 0 Å². The predicted octanol–water partition coefficient (Wildman–Crippen LogP) is 2.47. The highest BCUT2D eigenvalue weighted by atomic mass is 35.5. The minimum atomic E-state index is -0.885. The number of hydrogen-bond donors (Lipinski definition) is 2. The number of carbonyl (C=O) groups excluding carboxylic acids is 2. The number of aliphatic carboxylic acids is 1. The molecular weight excluding hydrogens is 370 g/mol. The Bertz CT molecular complexity index is 664. The highest BCUT2D eigenvalue weighted by Gasteiger charge is 2.29. The zero-order chi connectivity index (χ0) is 19.1. The fourth-order valence-corrected chi connectivity index (χ4v) is 3.27. The average molecular weight is 398 g/mol. The molecule has 0 saturated carbocycles. The maximum absolute atomic E-state index is 12.4. The van der Waals surface area contributed by atoms with Gasteiger partial charge in [-0.1, -0.05) is 12.5 Å². The molecule has 0 radical (unpaired) electrons. The van der Waals surface area contributed by atoms with E-state index < -0.39 is 12.0 Å². The molecule has 1 aliphatic heterocycles. The third-order valence-electron chi connectivity index (χ3n) is 4.69. The number of halogens is 1. The van der Waals surface area contributed by atoms with Gasteiger partial charge in [0, 0.05) is 24.3 Å². The van der Waals surface area contributed by atoms with Crippen LogP contribution in [0.25, 0.3) is 0 Å². The molecule has 2 rings (SSSR count). The van der Waals surface area contributed by atoms with Crippen molar-refractivity contribution in [3.8, 4) is 0 Å². The summed E-state index contributed by atoms with van der Waals surface area (Å²) in [4.78, 5) is 39.5. The van der Waals surface area contributed by atoms with Crippen LogP contribution in [0.15, 0.2) is 24.3 Å². The van der Waals surface area contributed by atoms with Gasteiger partial charge < -0.3 is 15.3 Å². The quantitative estimate of drug-likeness (QED) is 0.737.